The van der Waals surface area contributed by atoms with Gasteiger partial charge in [-0.3, -0.25) is 5.10 Å². The number of benzene rings is 2. The summed E-state index contributed by atoms with van der Waals surface area (Å²) in [4.78, 5) is 4.83. The first-order valence-corrected chi connectivity index (χ1v) is 8.83. The number of nitrogens with zero attached hydrogens (tertiary/aromatic N) is 3. The van der Waals surface area contributed by atoms with Crippen molar-refractivity contribution in [1.29, 1.82) is 0 Å². The molecule has 5 nitrogen and oxygen atoms in total. The fourth-order valence-corrected chi connectivity index (χ4v) is 3.12. The second-order valence-corrected chi connectivity index (χ2v) is 6.33. The van der Waals surface area contributed by atoms with E-state index in [-0.39, 0.29) is 0 Å². The molecule has 0 aliphatic carbocycles. The van der Waals surface area contributed by atoms with E-state index in [0.29, 0.717) is 11.4 Å². The molecule has 0 saturated carbocycles. The molecule has 4 rings (SSSR count). The van der Waals surface area contributed by atoms with E-state index in [9.17, 15) is 0 Å². The average molecular weight is 362 g/mol. The van der Waals surface area contributed by atoms with Gasteiger partial charge in [-0.15, -0.1) is 0 Å². The number of H-pyrrole nitrogens is 1. The van der Waals surface area contributed by atoms with Crippen LogP contribution in [0.2, 0.25) is 0 Å². The van der Waals surface area contributed by atoms with Gasteiger partial charge in [0.25, 0.3) is 0 Å². The third-order valence-electron chi connectivity index (χ3n) is 4.30. The van der Waals surface area contributed by atoms with Crippen molar-refractivity contribution in [3.8, 4) is 28.4 Å². The molecule has 0 radical (unpaired) electrons. The van der Waals surface area contributed by atoms with Gasteiger partial charge in [-0.05, 0) is 55.5 Å². The Morgan fingerprint density at radius 2 is 1.88 bits per heavy atom. The third kappa shape index (κ3) is 2.88. The first-order valence-electron chi connectivity index (χ1n) is 8.42. The van der Waals surface area contributed by atoms with Gasteiger partial charge in [0.15, 0.2) is 10.6 Å². The summed E-state index contributed by atoms with van der Waals surface area (Å²) in [5.41, 5.74) is 3.82. The summed E-state index contributed by atoms with van der Waals surface area (Å²) >= 11 is 5.28. The minimum absolute atomic E-state index is 0.587. The standard InChI is InChI=1S/C20H18N4OS/c1-3-25-14-10-8-13(9-11-14)18-12-16(19-22-23-20(26)24(19)2)15-6-4-5-7-17(15)21-18/h4-12H,3H2,1-2H3,(H,23,26). The van der Waals surface area contributed by atoms with Crippen molar-refractivity contribution in [2.45, 2.75) is 6.92 Å². The van der Waals surface area contributed by atoms with Crippen LogP contribution in [-0.4, -0.2) is 26.4 Å². The van der Waals surface area contributed by atoms with Crippen LogP contribution in [-0.2, 0) is 7.05 Å². The topological polar surface area (TPSA) is 55.7 Å². The summed E-state index contributed by atoms with van der Waals surface area (Å²) in [6.07, 6.45) is 0. The molecule has 0 atom stereocenters. The summed E-state index contributed by atoms with van der Waals surface area (Å²) in [7, 11) is 1.91. The summed E-state index contributed by atoms with van der Waals surface area (Å²) in [5.74, 6) is 1.65. The molecular weight excluding hydrogens is 344 g/mol. The lowest BCUT2D eigenvalue weighted by Crippen LogP contribution is -1.96. The zero-order chi connectivity index (χ0) is 18.1. The third-order valence-corrected chi connectivity index (χ3v) is 4.66. The fraction of sp³-hybridized carbons (Fsp3) is 0.150. The Labute approximate surface area is 156 Å². The largest absolute Gasteiger partial charge is 0.494 e. The molecule has 2 aromatic heterocycles. The molecule has 0 spiro atoms. The minimum Gasteiger partial charge on any atom is -0.494 e. The minimum atomic E-state index is 0.587. The zero-order valence-electron chi connectivity index (χ0n) is 14.6. The molecule has 2 heterocycles. The van der Waals surface area contributed by atoms with Gasteiger partial charge < -0.3 is 9.30 Å². The van der Waals surface area contributed by atoms with E-state index in [1.807, 2.05) is 61.0 Å². The van der Waals surface area contributed by atoms with Gasteiger partial charge in [0.05, 0.1) is 17.8 Å². The van der Waals surface area contributed by atoms with Crippen molar-refractivity contribution in [2.24, 2.45) is 7.05 Å². The van der Waals surface area contributed by atoms with E-state index in [4.69, 9.17) is 21.9 Å². The lowest BCUT2D eigenvalue weighted by molar-refractivity contribution is 0.340. The van der Waals surface area contributed by atoms with Gasteiger partial charge in [-0.2, -0.15) is 5.10 Å². The Hall–Kier alpha value is -2.99. The Kier molecular flexibility index (Phi) is 4.26. The van der Waals surface area contributed by atoms with Crippen LogP contribution in [0.4, 0.5) is 0 Å². The SMILES string of the molecule is CCOc1ccc(-c2cc(-c3n[nH]c(=S)n3C)c3ccccc3n2)cc1. The van der Waals surface area contributed by atoms with Crippen molar-refractivity contribution in [1.82, 2.24) is 19.7 Å². The van der Waals surface area contributed by atoms with E-state index >= 15 is 0 Å². The maximum atomic E-state index is 5.53. The number of para-hydroxylation sites is 1. The number of rotatable bonds is 4. The highest BCUT2D eigenvalue weighted by Gasteiger charge is 2.13. The average Bonchev–Trinajstić information content (AvgIpc) is 3.00. The summed E-state index contributed by atoms with van der Waals surface area (Å²) in [6.45, 7) is 2.62. The number of hydrogen-bond acceptors (Lipinski definition) is 4. The molecule has 0 bridgehead atoms. The van der Waals surface area contributed by atoms with E-state index < -0.39 is 0 Å². The first kappa shape index (κ1) is 16.5. The van der Waals surface area contributed by atoms with E-state index in [2.05, 4.69) is 22.3 Å². The monoisotopic (exact) mass is 362 g/mol. The van der Waals surface area contributed by atoms with Gasteiger partial charge in [0, 0.05) is 23.6 Å². The van der Waals surface area contributed by atoms with Crippen LogP contribution < -0.4 is 4.74 Å². The quantitative estimate of drug-likeness (QED) is 0.532. The second-order valence-electron chi connectivity index (χ2n) is 5.94. The summed E-state index contributed by atoms with van der Waals surface area (Å²) in [6, 6.07) is 18.1. The van der Waals surface area contributed by atoms with E-state index in [0.717, 1.165) is 39.3 Å². The van der Waals surface area contributed by atoms with E-state index in [1.54, 1.807) is 0 Å². The molecule has 0 saturated heterocycles. The smallest absolute Gasteiger partial charge is 0.195 e. The zero-order valence-corrected chi connectivity index (χ0v) is 15.4. The number of hydrogen-bond donors (Lipinski definition) is 1. The van der Waals surface area contributed by atoms with Crippen LogP contribution in [0.25, 0.3) is 33.5 Å². The van der Waals surface area contributed by atoms with Crippen LogP contribution in [0.3, 0.4) is 0 Å². The van der Waals surface area contributed by atoms with Crippen molar-refractivity contribution < 1.29 is 4.74 Å². The molecule has 0 amide bonds. The predicted molar refractivity (Wildman–Crippen MR) is 106 cm³/mol. The van der Waals surface area contributed by atoms with Crippen LogP contribution in [0.15, 0.2) is 54.6 Å². The van der Waals surface area contributed by atoms with Crippen molar-refractivity contribution in [2.75, 3.05) is 6.61 Å². The molecule has 4 aromatic rings. The van der Waals surface area contributed by atoms with E-state index in [1.165, 1.54) is 0 Å². The highest BCUT2D eigenvalue weighted by atomic mass is 32.1. The maximum Gasteiger partial charge on any atom is 0.195 e. The number of aromatic nitrogens is 4. The molecule has 0 aliphatic rings. The summed E-state index contributed by atoms with van der Waals surface area (Å²) < 4.78 is 7.99. The number of fused-ring (bicyclic) bond motifs is 1. The molecule has 0 aliphatic heterocycles. The lowest BCUT2D eigenvalue weighted by Gasteiger charge is -2.10. The molecule has 26 heavy (non-hydrogen) atoms. The van der Waals surface area contributed by atoms with Gasteiger partial charge in [-0.1, -0.05) is 18.2 Å². The molecule has 6 heteroatoms. The predicted octanol–water partition coefficient (Wildman–Crippen LogP) is 4.76. The normalized spacial score (nSPS) is 11.0. The molecule has 0 fully saturated rings. The maximum absolute atomic E-state index is 5.53. The fourth-order valence-electron chi connectivity index (χ4n) is 2.98. The number of ether oxygens (including phenoxy) is 1. The van der Waals surface area contributed by atoms with Gasteiger partial charge >= 0.3 is 0 Å². The first-order chi connectivity index (χ1) is 12.7. The van der Waals surface area contributed by atoms with Gasteiger partial charge in [-0.25, -0.2) is 4.98 Å². The van der Waals surface area contributed by atoms with Crippen LogP contribution >= 0.6 is 12.2 Å². The summed E-state index contributed by atoms with van der Waals surface area (Å²) in [5, 5.41) is 8.31. The molecule has 130 valence electrons. The highest BCUT2D eigenvalue weighted by Crippen LogP contribution is 2.31. The Bertz CT molecular complexity index is 1130. The Morgan fingerprint density at radius 3 is 2.58 bits per heavy atom. The van der Waals surface area contributed by atoms with Crippen molar-refractivity contribution in [3.63, 3.8) is 0 Å². The molecular formula is C20H18N4OS. The lowest BCUT2D eigenvalue weighted by atomic mass is 10.0. The highest BCUT2D eigenvalue weighted by molar-refractivity contribution is 7.71. The Morgan fingerprint density at radius 1 is 1.12 bits per heavy atom. The number of pyridine rings is 1. The second kappa shape index (κ2) is 6.72. The number of aromatic amines is 1. The van der Waals surface area contributed by atoms with Crippen LogP contribution in [0.5, 0.6) is 5.75 Å². The molecule has 0 unspecified atom stereocenters. The van der Waals surface area contributed by atoms with Crippen molar-refractivity contribution >= 4 is 23.1 Å². The molecule has 1 N–H and O–H groups in total. The van der Waals surface area contributed by atoms with Gasteiger partial charge in [0.1, 0.15) is 5.75 Å². The van der Waals surface area contributed by atoms with Crippen LogP contribution in [0, 0.1) is 4.77 Å². The molecule has 2 aromatic carbocycles. The van der Waals surface area contributed by atoms with Crippen LogP contribution in [0.1, 0.15) is 6.92 Å². The van der Waals surface area contributed by atoms with Crippen molar-refractivity contribution in [3.05, 3.63) is 59.4 Å². The Balaban J connectivity index is 1.91. The number of nitrogens with one attached hydrogen (secondary N) is 1. The van der Waals surface area contributed by atoms with Gasteiger partial charge in [0.2, 0.25) is 0 Å².